The average molecular weight is 501 g/mol. The lowest BCUT2D eigenvalue weighted by Crippen LogP contribution is -2.29. The molecule has 0 radical (unpaired) electrons. The van der Waals surface area contributed by atoms with Gasteiger partial charge in [0, 0.05) is 31.0 Å². The van der Waals surface area contributed by atoms with Crippen LogP contribution in [0.1, 0.15) is 37.9 Å². The van der Waals surface area contributed by atoms with Gasteiger partial charge in [0.15, 0.2) is 0 Å². The van der Waals surface area contributed by atoms with Gasteiger partial charge in [-0.05, 0) is 74.9 Å². The van der Waals surface area contributed by atoms with Gasteiger partial charge in [-0.15, -0.1) is 0 Å². The molecular formula is C30H32N2O5. The summed E-state index contributed by atoms with van der Waals surface area (Å²) in [4.78, 5) is 30.2. The van der Waals surface area contributed by atoms with Crippen LogP contribution >= 0.6 is 0 Å². The zero-order chi connectivity index (χ0) is 26.7. The van der Waals surface area contributed by atoms with Crippen molar-refractivity contribution in [2.45, 2.75) is 32.9 Å². The van der Waals surface area contributed by atoms with Gasteiger partial charge < -0.3 is 19.5 Å². The average Bonchev–Trinajstić information content (AvgIpc) is 3.14. The SMILES string of the molecule is CCOc1ccc(C2/C(=C(/O)c3cccc(OC(C)C)c3)C(=O)C(=O)N2c2ccc(N(C)C)cc2)cc1. The first-order valence-corrected chi connectivity index (χ1v) is 12.3. The predicted octanol–water partition coefficient (Wildman–Crippen LogP) is 5.56. The Morgan fingerprint density at radius 2 is 1.65 bits per heavy atom. The summed E-state index contributed by atoms with van der Waals surface area (Å²) < 4.78 is 11.3. The number of Topliss-reactive ketones (excluding diaryl/α,β-unsaturated/α-hetero) is 1. The number of benzene rings is 3. The summed E-state index contributed by atoms with van der Waals surface area (Å²) >= 11 is 0. The van der Waals surface area contributed by atoms with Crippen molar-refractivity contribution in [3.05, 3.63) is 89.5 Å². The van der Waals surface area contributed by atoms with E-state index in [1.54, 1.807) is 48.5 Å². The number of hydrogen-bond acceptors (Lipinski definition) is 6. The highest BCUT2D eigenvalue weighted by molar-refractivity contribution is 6.51. The van der Waals surface area contributed by atoms with Crippen LogP contribution in [-0.2, 0) is 9.59 Å². The molecule has 0 aliphatic carbocycles. The Bertz CT molecular complexity index is 1310. The fraction of sp³-hybridized carbons (Fsp3) is 0.267. The Labute approximate surface area is 217 Å². The number of hydrogen-bond donors (Lipinski definition) is 1. The normalized spacial score (nSPS) is 16.8. The van der Waals surface area contributed by atoms with E-state index < -0.39 is 17.7 Å². The van der Waals surface area contributed by atoms with Gasteiger partial charge in [0.25, 0.3) is 11.7 Å². The molecule has 1 saturated heterocycles. The third-order valence-electron chi connectivity index (χ3n) is 6.07. The van der Waals surface area contributed by atoms with E-state index in [4.69, 9.17) is 9.47 Å². The first-order chi connectivity index (χ1) is 17.7. The van der Waals surface area contributed by atoms with Gasteiger partial charge in [0.05, 0.1) is 24.3 Å². The fourth-order valence-corrected chi connectivity index (χ4v) is 4.38. The van der Waals surface area contributed by atoms with Crippen LogP contribution in [0.2, 0.25) is 0 Å². The van der Waals surface area contributed by atoms with E-state index >= 15 is 0 Å². The molecule has 1 aliphatic rings. The Balaban J connectivity index is 1.86. The smallest absolute Gasteiger partial charge is 0.300 e. The molecule has 1 N–H and O–H groups in total. The van der Waals surface area contributed by atoms with Crippen LogP contribution in [0.4, 0.5) is 11.4 Å². The Kier molecular flexibility index (Phi) is 7.53. The minimum atomic E-state index is -0.824. The van der Waals surface area contributed by atoms with Crippen molar-refractivity contribution in [3.63, 3.8) is 0 Å². The lowest BCUT2D eigenvalue weighted by molar-refractivity contribution is -0.132. The molecule has 1 heterocycles. The first-order valence-electron chi connectivity index (χ1n) is 12.3. The largest absolute Gasteiger partial charge is 0.507 e. The van der Waals surface area contributed by atoms with Gasteiger partial charge in [-0.25, -0.2) is 0 Å². The van der Waals surface area contributed by atoms with Crippen LogP contribution in [-0.4, -0.2) is 43.6 Å². The first kappa shape index (κ1) is 25.8. The van der Waals surface area contributed by atoms with Gasteiger partial charge in [0.2, 0.25) is 0 Å². The highest BCUT2D eigenvalue weighted by Gasteiger charge is 2.47. The van der Waals surface area contributed by atoms with Crippen molar-refractivity contribution in [3.8, 4) is 11.5 Å². The minimum absolute atomic E-state index is 0.0209. The van der Waals surface area contributed by atoms with E-state index in [1.807, 2.05) is 64.0 Å². The molecule has 1 fully saturated rings. The Morgan fingerprint density at radius 1 is 0.973 bits per heavy atom. The number of carbonyl (C=O) groups is 2. The number of aliphatic hydroxyl groups excluding tert-OH is 1. The third kappa shape index (κ3) is 5.31. The lowest BCUT2D eigenvalue weighted by Gasteiger charge is -2.26. The van der Waals surface area contributed by atoms with E-state index in [0.29, 0.717) is 34.9 Å². The highest BCUT2D eigenvalue weighted by atomic mass is 16.5. The number of amides is 1. The zero-order valence-electron chi connectivity index (χ0n) is 21.8. The van der Waals surface area contributed by atoms with E-state index in [1.165, 1.54) is 4.90 Å². The summed E-state index contributed by atoms with van der Waals surface area (Å²) in [6.07, 6.45) is -0.0584. The molecule has 1 amide bonds. The standard InChI is InChI=1S/C30H32N2O5/c1-6-36-24-16-10-20(11-17-24)27-26(28(33)21-8-7-9-25(18-21)37-19(2)3)29(34)30(35)32(27)23-14-12-22(13-15-23)31(4)5/h7-19,27,33H,6H2,1-5H3/b28-26-. The Hall–Kier alpha value is -4.26. The van der Waals surface area contributed by atoms with E-state index in [9.17, 15) is 14.7 Å². The van der Waals surface area contributed by atoms with Crippen molar-refractivity contribution < 1.29 is 24.2 Å². The predicted molar refractivity (Wildman–Crippen MR) is 145 cm³/mol. The molecule has 0 aromatic heterocycles. The maximum atomic E-state index is 13.4. The molecule has 4 rings (SSSR count). The van der Waals surface area contributed by atoms with Crippen molar-refractivity contribution in [1.82, 2.24) is 0 Å². The van der Waals surface area contributed by atoms with Crippen LogP contribution < -0.4 is 19.3 Å². The molecule has 1 atom stereocenters. The summed E-state index contributed by atoms with van der Waals surface area (Å²) in [5.74, 6) is -0.461. The number of nitrogens with zero attached hydrogens (tertiary/aromatic N) is 2. The van der Waals surface area contributed by atoms with Crippen LogP contribution in [0, 0.1) is 0 Å². The second kappa shape index (κ2) is 10.8. The zero-order valence-corrected chi connectivity index (χ0v) is 21.8. The topological polar surface area (TPSA) is 79.3 Å². The summed E-state index contributed by atoms with van der Waals surface area (Å²) in [5.41, 5.74) is 2.61. The summed E-state index contributed by atoms with van der Waals surface area (Å²) in [7, 11) is 3.86. The van der Waals surface area contributed by atoms with Gasteiger partial charge in [0.1, 0.15) is 17.3 Å². The van der Waals surface area contributed by atoms with Gasteiger partial charge >= 0.3 is 0 Å². The number of carbonyl (C=O) groups excluding carboxylic acids is 2. The molecule has 0 saturated carbocycles. The molecule has 192 valence electrons. The summed E-state index contributed by atoms with van der Waals surface area (Å²) in [5, 5.41) is 11.4. The molecule has 3 aromatic rings. The van der Waals surface area contributed by atoms with Crippen molar-refractivity contribution >= 4 is 28.8 Å². The number of rotatable bonds is 8. The summed E-state index contributed by atoms with van der Waals surface area (Å²) in [6, 6.07) is 20.7. The molecule has 37 heavy (non-hydrogen) atoms. The van der Waals surface area contributed by atoms with Crippen LogP contribution in [0.3, 0.4) is 0 Å². The maximum Gasteiger partial charge on any atom is 0.300 e. The van der Waals surface area contributed by atoms with Gasteiger partial charge in [-0.3, -0.25) is 14.5 Å². The second-order valence-electron chi connectivity index (χ2n) is 9.28. The van der Waals surface area contributed by atoms with Crippen LogP contribution in [0.15, 0.2) is 78.4 Å². The molecule has 7 nitrogen and oxygen atoms in total. The van der Waals surface area contributed by atoms with E-state index in [-0.39, 0.29) is 17.4 Å². The number of aliphatic hydroxyl groups is 1. The molecule has 1 aliphatic heterocycles. The quantitative estimate of drug-likeness (QED) is 0.248. The lowest BCUT2D eigenvalue weighted by atomic mass is 9.95. The molecule has 0 spiro atoms. The van der Waals surface area contributed by atoms with Gasteiger partial charge in [-0.2, -0.15) is 0 Å². The molecular weight excluding hydrogens is 468 g/mol. The number of ketones is 1. The second-order valence-corrected chi connectivity index (χ2v) is 9.28. The van der Waals surface area contributed by atoms with Crippen molar-refractivity contribution in [2.75, 3.05) is 30.5 Å². The van der Waals surface area contributed by atoms with E-state index in [2.05, 4.69) is 0 Å². The maximum absolute atomic E-state index is 13.4. The minimum Gasteiger partial charge on any atom is -0.507 e. The molecule has 1 unspecified atom stereocenters. The van der Waals surface area contributed by atoms with E-state index in [0.717, 1.165) is 5.69 Å². The highest BCUT2D eigenvalue weighted by Crippen LogP contribution is 2.43. The number of ether oxygens (including phenoxy) is 2. The van der Waals surface area contributed by atoms with Crippen molar-refractivity contribution in [2.24, 2.45) is 0 Å². The Morgan fingerprint density at radius 3 is 2.24 bits per heavy atom. The summed E-state index contributed by atoms with van der Waals surface area (Å²) in [6.45, 7) is 6.24. The van der Waals surface area contributed by atoms with Gasteiger partial charge in [-0.1, -0.05) is 24.3 Å². The van der Waals surface area contributed by atoms with Crippen LogP contribution in [0.5, 0.6) is 11.5 Å². The molecule has 7 heteroatoms. The fourth-order valence-electron chi connectivity index (χ4n) is 4.38. The van der Waals surface area contributed by atoms with Crippen molar-refractivity contribution in [1.29, 1.82) is 0 Å². The number of anilines is 2. The molecule has 0 bridgehead atoms. The monoisotopic (exact) mass is 500 g/mol. The molecule has 3 aromatic carbocycles. The van der Waals surface area contributed by atoms with Crippen LogP contribution in [0.25, 0.3) is 5.76 Å². The third-order valence-corrected chi connectivity index (χ3v) is 6.07.